The smallest absolute Gasteiger partial charge is 0.254 e. The second kappa shape index (κ2) is 6.69. The van der Waals surface area contributed by atoms with Gasteiger partial charge in [0.05, 0.1) is 13.2 Å². The number of carbonyl (C=O) groups is 1. The van der Waals surface area contributed by atoms with Crippen LogP contribution in [0.3, 0.4) is 0 Å². The summed E-state index contributed by atoms with van der Waals surface area (Å²) in [6, 6.07) is 3.83. The third kappa shape index (κ3) is 2.95. The van der Waals surface area contributed by atoms with Crippen LogP contribution in [-0.4, -0.2) is 48.6 Å². The topological polar surface area (TPSA) is 86.0 Å². The Hall–Kier alpha value is -2.88. The number of halogens is 1. The van der Waals surface area contributed by atoms with Crippen molar-refractivity contribution in [2.75, 3.05) is 13.7 Å². The van der Waals surface area contributed by atoms with Crippen molar-refractivity contribution in [1.82, 2.24) is 29.0 Å². The van der Waals surface area contributed by atoms with Gasteiger partial charge in [-0.05, 0) is 43.6 Å². The molecule has 8 nitrogen and oxygen atoms in total. The summed E-state index contributed by atoms with van der Waals surface area (Å²) in [7, 11) is 1.37. The van der Waals surface area contributed by atoms with E-state index in [-0.39, 0.29) is 17.7 Å². The molecule has 1 aliphatic rings. The van der Waals surface area contributed by atoms with Crippen LogP contribution in [0.1, 0.15) is 35.0 Å². The number of ether oxygens (including phenoxy) is 1. The maximum atomic E-state index is 13.6. The normalized spacial score (nSPS) is 16.3. The van der Waals surface area contributed by atoms with Crippen molar-refractivity contribution in [3.8, 4) is 16.6 Å². The first-order valence-electron chi connectivity index (χ1n) is 8.38. The lowest BCUT2D eigenvalue weighted by Crippen LogP contribution is -2.41. The zero-order valence-electron chi connectivity index (χ0n) is 15.0. The van der Waals surface area contributed by atoms with Gasteiger partial charge in [-0.15, -0.1) is 10.2 Å². The van der Waals surface area contributed by atoms with Gasteiger partial charge in [-0.1, -0.05) is 0 Å². The van der Waals surface area contributed by atoms with Crippen molar-refractivity contribution >= 4 is 17.4 Å². The molecule has 1 atom stereocenters. The molecule has 0 aliphatic carbocycles. The molecule has 140 valence electrons. The Morgan fingerprint density at radius 3 is 2.85 bits per heavy atom. The van der Waals surface area contributed by atoms with E-state index < -0.39 is 5.82 Å². The van der Waals surface area contributed by atoms with Gasteiger partial charge >= 0.3 is 0 Å². The maximum absolute atomic E-state index is 13.6. The molecule has 0 saturated heterocycles. The lowest BCUT2D eigenvalue weighted by Gasteiger charge is -2.33. The van der Waals surface area contributed by atoms with Crippen molar-refractivity contribution in [3.05, 3.63) is 41.2 Å². The minimum Gasteiger partial charge on any atom is -0.494 e. The highest BCUT2D eigenvalue weighted by Crippen LogP contribution is 2.30. The summed E-state index contributed by atoms with van der Waals surface area (Å²) in [5.74, 6) is 1.38. The second-order valence-corrected chi connectivity index (χ2v) is 6.96. The standard InChI is InChI=1S/C17H17FN6O2S/c1-9-14-20-21-15(16-19-10(2)22-27-16)24(14)7-6-23(9)17(25)11-4-5-12(18)13(8-11)26-3/h4-5,8-9H,6-7H2,1-3H3. The van der Waals surface area contributed by atoms with Gasteiger partial charge < -0.3 is 14.2 Å². The van der Waals surface area contributed by atoms with Crippen LogP contribution in [0.25, 0.3) is 10.8 Å². The molecular weight excluding hydrogens is 371 g/mol. The number of hydrogen-bond acceptors (Lipinski definition) is 7. The van der Waals surface area contributed by atoms with Crippen LogP contribution >= 0.6 is 11.5 Å². The number of aryl methyl sites for hydroxylation is 1. The van der Waals surface area contributed by atoms with E-state index in [0.717, 1.165) is 0 Å². The molecule has 0 saturated carbocycles. The zero-order valence-corrected chi connectivity index (χ0v) is 15.8. The van der Waals surface area contributed by atoms with E-state index in [1.165, 1.54) is 36.8 Å². The Labute approximate surface area is 158 Å². The number of hydrogen-bond donors (Lipinski definition) is 0. The predicted molar refractivity (Wildman–Crippen MR) is 96.1 cm³/mol. The number of methoxy groups -OCH3 is 1. The summed E-state index contributed by atoms with van der Waals surface area (Å²) in [6.07, 6.45) is 0. The molecule has 1 aliphatic heterocycles. The van der Waals surface area contributed by atoms with Crippen LogP contribution in [0.2, 0.25) is 0 Å². The SMILES string of the molecule is COc1cc(C(=O)N2CCn3c(-c4nc(C)ns4)nnc3C2C)ccc1F. The van der Waals surface area contributed by atoms with E-state index in [0.29, 0.717) is 41.1 Å². The lowest BCUT2D eigenvalue weighted by atomic mass is 10.1. The lowest BCUT2D eigenvalue weighted by molar-refractivity contribution is 0.0638. The number of benzene rings is 1. The molecule has 2 aromatic heterocycles. The molecule has 1 unspecified atom stereocenters. The van der Waals surface area contributed by atoms with Crippen molar-refractivity contribution in [2.24, 2.45) is 0 Å². The summed E-state index contributed by atoms with van der Waals surface area (Å²) in [5.41, 5.74) is 0.369. The van der Waals surface area contributed by atoms with Crippen molar-refractivity contribution in [2.45, 2.75) is 26.4 Å². The molecule has 0 fully saturated rings. The highest BCUT2D eigenvalue weighted by molar-refractivity contribution is 7.09. The van der Waals surface area contributed by atoms with E-state index >= 15 is 0 Å². The monoisotopic (exact) mass is 388 g/mol. The summed E-state index contributed by atoms with van der Waals surface area (Å²) >= 11 is 1.28. The molecule has 0 bridgehead atoms. The van der Waals surface area contributed by atoms with Crippen LogP contribution in [0, 0.1) is 12.7 Å². The molecular formula is C17H17FN6O2S. The average molecular weight is 388 g/mol. The van der Waals surface area contributed by atoms with E-state index in [9.17, 15) is 9.18 Å². The Morgan fingerprint density at radius 2 is 2.15 bits per heavy atom. The van der Waals surface area contributed by atoms with Gasteiger partial charge in [-0.2, -0.15) is 4.37 Å². The largest absolute Gasteiger partial charge is 0.494 e. The Kier molecular flexibility index (Phi) is 4.34. The van der Waals surface area contributed by atoms with Gasteiger partial charge in [-0.3, -0.25) is 4.79 Å². The van der Waals surface area contributed by atoms with Gasteiger partial charge in [0.1, 0.15) is 5.82 Å². The number of carbonyl (C=O) groups excluding carboxylic acids is 1. The molecule has 0 N–H and O–H groups in total. The van der Waals surface area contributed by atoms with Gasteiger partial charge in [0.15, 0.2) is 28.2 Å². The molecule has 3 heterocycles. The van der Waals surface area contributed by atoms with E-state index in [4.69, 9.17) is 4.74 Å². The van der Waals surface area contributed by atoms with Gasteiger partial charge in [0, 0.05) is 18.7 Å². The fraction of sp³-hybridized carbons (Fsp3) is 0.353. The molecule has 0 spiro atoms. The van der Waals surface area contributed by atoms with Gasteiger partial charge in [0.2, 0.25) is 0 Å². The third-order valence-electron chi connectivity index (χ3n) is 4.56. The maximum Gasteiger partial charge on any atom is 0.254 e. The highest BCUT2D eigenvalue weighted by Gasteiger charge is 2.33. The van der Waals surface area contributed by atoms with E-state index in [1.807, 2.05) is 18.4 Å². The number of amides is 1. The molecule has 1 aromatic carbocycles. The van der Waals surface area contributed by atoms with Crippen LogP contribution in [0.4, 0.5) is 4.39 Å². The molecule has 4 rings (SSSR count). The molecule has 3 aromatic rings. The number of rotatable bonds is 3. The Morgan fingerprint density at radius 1 is 1.33 bits per heavy atom. The van der Waals surface area contributed by atoms with Gasteiger partial charge in [-0.25, -0.2) is 9.37 Å². The summed E-state index contributed by atoms with van der Waals surface area (Å²) in [6.45, 7) is 4.75. The number of fused-ring (bicyclic) bond motifs is 1. The molecule has 27 heavy (non-hydrogen) atoms. The van der Waals surface area contributed by atoms with Crippen molar-refractivity contribution < 1.29 is 13.9 Å². The zero-order chi connectivity index (χ0) is 19.1. The minimum absolute atomic E-state index is 0.0441. The van der Waals surface area contributed by atoms with Crippen molar-refractivity contribution in [3.63, 3.8) is 0 Å². The first-order valence-corrected chi connectivity index (χ1v) is 9.15. The fourth-order valence-corrected chi connectivity index (χ4v) is 3.83. The van der Waals surface area contributed by atoms with Crippen molar-refractivity contribution in [1.29, 1.82) is 0 Å². The summed E-state index contributed by atoms with van der Waals surface area (Å²) in [5, 5.41) is 9.23. The van der Waals surface area contributed by atoms with Crippen LogP contribution in [-0.2, 0) is 6.54 Å². The third-order valence-corrected chi connectivity index (χ3v) is 5.37. The average Bonchev–Trinajstić information content (AvgIpc) is 3.28. The van der Waals surface area contributed by atoms with E-state index in [2.05, 4.69) is 19.6 Å². The first kappa shape index (κ1) is 17.5. The molecule has 0 radical (unpaired) electrons. The first-order chi connectivity index (χ1) is 13.0. The number of nitrogens with zero attached hydrogens (tertiary/aromatic N) is 6. The Balaban J connectivity index is 1.63. The summed E-state index contributed by atoms with van der Waals surface area (Å²) in [4.78, 5) is 19.0. The second-order valence-electron chi connectivity index (χ2n) is 6.20. The van der Waals surface area contributed by atoms with Crippen LogP contribution < -0.4 is 4.74 Å². The minimum atomic E-state index is -0.502. The summed E-state index contributed by atoms with van der Waals surface area (Å²) < 4.78 is 24.8. The van der Waals surface area contributed by atoms with E-state index in [1.54, 1.807) is 4.90 Å². The highest BCUT2D eigenvalue weighted by atomic mass is 32.1. The Bertz CT molecular complexity index is 1020. The molecule has 10 heteroatoms. The quantitative estimate of drug-likeness (QED) is 0.685. The van der Waals surface area contributed by atoms with Gasteiger partial charge in [0.25, 0.3) is 5.91 Å². The molecule has 1 amide bonds. The number of aromatic nitrogens is 5. The predicted octanol–water partition coefficient (Wildman–Crippen LogP) is 2.47. The van der Waals surface area contributed by atoms with Crippen LogP contribution in [0.5, 0.6) is 5.75 Å². The fourth-order valence-electron chi connectivity index (χ4n) is 3.17. The van der Waals surface area contributed by atoms with Crippen LogP contribution in [0.15, 0.2) is 18.2 Å².